The van der Waals surface area contributed by atoms with Crippen molar-refractivity contribution in [2.24, 2.45) is 4.99 Å². The molecule has 7 heteroatoms. The zero-order chi connectivity index (χ0) is 22.5. The number of rotatable bonds is 9. The van der Waals surface area contributed by atoms with Crippen molar-refractivity contribution in [3.63, 3.8) is 0 Å². The molecule has 0 aromatic heterocycles. The number of nitrogens with zero attached hydrogens (tertiary/aromatic N) is 1. The summed E-state index contributed by atoms with van der Waals surface area (Å²) in [6, 6.07) is 9.82. The van der Waals surface area contributed by atoms with Gasteiger partial charge in [-0.3, -0.25) is 4.99 Å². The first-order valence-electron chi connectivity index (χ1n) is 10.3. The summed E-state index contributed by atoms with van der Waals surface area (Å²) in [5.74, 6) is 2.60. The van der Waals surface area contributed by atoms with Gasteiger partial charge in [-0.1, -0.05) is 0 Å². The van der Waals surface area contributed by atoms with Gasteiger partial charge in [0, 0.05) is 31.4 Å². The van der Waals surface area contributed by atoms with Crippen molar-refractivity contribution >= 4 is 5.71 Å². The number of ether oxygens (including phenoxy) is 6. The molecule has 0 saturated heterocycles. The first-order valence-corrected chi connectivity index (χ1v) is 10.3. The molecule has 0 bridgehead atoms. The Balaban J connectivity index is 2.12. The van der Waals surface area contributed by atoms with Crippen molar-refractivity contribution in [2.45, 2.75) is 45.8 Å². The smallest absolute Gasteiger partial charge is 0.196 e. The van der Waals surface area contributed by atoms with Gasteiger partial charge in [0.25, 0.3) is 0 Å². The molecule has 0 radical (unpaired) electrons. The van der Waals surface area contributed by atoms with E-state index in [-0.39, 0.29) is 6.04 Å². The predicted octanol–water partition coefficient (Wildman–Crippen LogP) is 4.23. The van der Waals surface area contributed by atoms with E-state index in [1.807, 2.05) is 44.2 Å². The van der Waals surface area contributed by atoms with Crippen molar-refractivity contribution in [3.8, 4) is 23.0 Å². The summed E-state index contributed by atoms with van der Waals surface area (Å²) in [6.45, 7) is 5.76. The minimum Gasteiger partial charge on any atom is -0.493 e. The predicted molar refractivity (Wildman–Crippen MR) is 119 cm³/mol. The van der Waals surface area contributed by atoms with Crippen LogP contribution >= 0.6 is 0 Å². The second kappa shape index (κ2) is 10.0. The summed E-state index contributed by atoms with van der Waals surface area (Å²) in [4.78, 5) is 4.95. The van der Waals surface area contributed by atoms with Gasteiger partial charge in [-0.25, -0.2) is 0 Å². The number of benzene rings is 2. The zero-order valence-electron chi connectivity index (χ0n) is 19.2. The maximum Gasteiger partial charge on any atom is 0.196 e. The van der Waals surface area contributed by atoms with Crippen molar-refractivity contribution in [2.75, 3.05) is 28.4 Å². The molecule has 2 aromatic carbocycles. The quantitative estimate of drug-likeness (QED) is 0.556. The molecule has 3 unspecified atom stereocenters. The highest BCUT2D eigenvalue weighted by Gasteiger charge is 2.24. The van der Waals surface area contributed by atoms with Crippen molar-refractivity contribution in [1.82, 2.24) is 0 Å². The van der Waals surface area contributed by atoms with Gasteiger partial charge < -0.3 is 28.4 Å². The highest BCUT2D eigenvalue weighted by atomic mass is 16.7. The third-order valence-electron chi connectivity index (χ3n) is 5.15. The Morgan fingerprint density at radius 3 is 1.87 bits per heavy atom. The molecule has 1 aliphatic rings. The van der Waals surface area contributed by atoms with E-state index in [2.05, 4.69) is 6.92 Å². The molecule has 3 atom stereocenters. The minimum atomic E-state index is -0.410. The van der Waals surface area contributed by atoms with E-state index in [4.69, 9.17) is 33.4 Å². The van der Waals surface area contributed by atoms with E-state index in [0.717, 1.165) is 28.8 Å². The summed E-state index contributed by atoms with van der Waals surface area (Å²) in [5, 5.41) is 0. The lowest BCUT2D eigenvalue weighted by Gasteiger charge is -2.24. The number of aliphatic imine (C=N–C) groups is 1. The molecule has 1 aliphatic heterocycles. The number of methoxy groups -OCH3 is 4. The highest BCUT2D eigenvalue weighted by Crippen LogP contribution is 2.36. The number of hydrogen-bond donors (Lipinski definition) is 0. The van der Waals surface area contributed by atoms with Crippen LogP contribution in [-0.4, -0.2) is 52.8 Å². The third kappa shape index (κ3) is 5.29. The third-order valence-corrected chi connectivity index (χ3v) is 5.15. The van der Waals surface area contributed by atoms with E-state index >= 15 is 0 Å². The lowest BCUT2D eigenvalue weighted by molar-refractivity contribution is -0.0425. The van der Waals surface area contributed by atoms with Crippen LogP contribution in [0, 0.1) is 0 Å². The second-order valence-corrected chi connectivity index (χ2v) is 7.43. The fourth-order valence-corrected chi connectivity index (χ4v) is 3.52. The molecule has 0 aliphatic carbocycles. The Morgan fingerprint density at radius 2 is 1.35 bits per heavy atom. The monoisotopic (exact) mass is 429 g/mol. The summed E-state index contributed by atoms with van der Waals surface area (Å²) in [5.41, 5.74) is 3.87. The largest absolute Gasteiger partial charge is 0.493 e. The summed E-state index contributed by atoms with van der Waals surface area (Å²) in [6.07, 6.45) is -0.00113. The number of hydrogen-bond acceptors (Lipinski definition) is 7. The van der Waals surface area contributed by atoms with Crippen LogP contribution in [0.1, 0.15) is 37.5 Å². The molecule has 168 valence electrons. The molecule has 1 heterocycles. The first kappa shape index (κ1) is 22.9. The molecule has 0 fully saturated rings. The Morgan fingerprint density at radius 1 is 0.806 bits per heavy atom. The molecular weight excluding hydrogens is 398 g/mol. The molecule has 0 saturated carbocycles. The summed E-state index contributed by atoms with van der Waals surface area (Å²) < 4.78 is 33.4. The first-order chi connectivity index (χ1) is 14.9. The maximum atomic E-state index is 5.90. The van der Waals surface area contributed by atoms with Gasteiger partial charge in [-0.2, -0.15) is 0 Å². The van der Waals surface area contributed by atoms with Crippen molar-refractivity contribution < 1.29 is 28.4 Å². The Bertz CT molecular complexity index is 912. The standard InChI is InChI=1S/C24H31NO6/c1-14-8-17-11-22(28-6)23(29-7)13-21(17)24(25-14)18-9-19(30-15(2)26-4)12-20(10-18)31-16(3)27-5/h9-16H,8H2,1-7H3. The van der Waals surface area contributed by atoms with Gasteiger partial charge >= 0.3 is 0 Å². The molecule has 0 spiro atoms. The molecule has 2 aromatic rings. The summed E-state index contributed by atoms with van der Waals surface area (Å²) in [7, 11) is 6.47. The molecule has 0 N–H and O–H groups in total. The SMILES string of the molecule is COc1cc2c(cc1OC)C(c1cc(OC(C)OC)cc(OC(C)OC)c1)=NC(C)C2. The van der Waals surface area contributed by atoms with Gasteiger partial charge in [0.15, 0.2) is 24.1 Å². The zero-order valence-corrected chi connectivity index (χ0v) is 19.2. The molecule has 7 nitrogen and oxygen atoms in total. The maximum absolute atomic E-state index is 5.90. The van der Waals surface area contributed by atoms with Crippen molar-refractivity contribution in [3.05, 3.63) is 47.0 Å². The summed E-state index contributed by atoms with van der Waals surface area (Å²) >= 11 is 0. The van der Waals surface area contributed by atoms with E-state index < -0.39 is 12.6 Å². The lowest BCUT2D eigenvalue weighted by Crippen LogP contribution is -2.21. The van der Waals surface area contributed by atoms with Crippen molar-refractivity contribution in [1.29, 1.82) is 0 Å². The highest BCUT2D eigenvalue weighted by molar-refractivity contribution is 6.15. The number of fused-ring (bicyclic) bond motifs is 1. The van der Waals surface area contributed by atoms with Crippen LogP contribution in [0.25, 0.3) is 0 Å². The van der Waals surface area contributed by atoms with E-state index in [1.165, 1.54) is 0 Å². The minimum absolute atomic E-state index is 0.116. The van der Waals surface area contributed by atoms with Gasteiger partial charge in [0.05, 0.1) is 26.0 Å². The second-order valence-electron chi connectivity index (χ2n) is 7.43. The molecule has 31 heavy (non-hydrogen) atoms. The average Bonchev–Trinajstić information content (AvgIpc) is 2.77. The lowest BCUT2D eigenvalue weighted by atomic mass is 9.90. The van der Waals surface area contributed by atoms with E-state index in [9.17, 15) is 0 Å². The van der Waals surface area contributed by atoms with E-state index in [0.29, 0.717) is 23.0 Å². The van der Waals surface area contributed by atoms with Crippen LogP contribution in [0.4, 0.5) is 0 Å². The van der Waals surface area contributed by atoms with Crippen LogP contribution in [0.5, 0.6) is 23.0 Å². The normalized spacial score (nSPS) is 17.3. The average molecular weight is 430 g/mol. The molecule has 3 rings (SSSR count). The van der Waals surface area contributed by atoms with Gasteiger partial charge in [0.1, 0.15) is 11.5 Å². The Hall–Kier alpha value is -2.77. The van der Waals surface area contributed by atoms with Gasteiger partial charge in [0.2, 0.25) is 0 Å². The topological polar surface area (TPSA) is 67.7 Å². The van der Waals surface area contributed by atoms with Gasteiger partial charge in [-0.15, -0.1) is 0 Å². The van der Waals surface area contributed by atoms with Crippen LogP contribution in [-0.2, 0) is 15.9 Å². The van der Waals surface area contributed by atoms with E-state index in [1.54, 1.807) is 28.4 Å². The molecule has 0 amide bonds. The van der Waals surface area contributed by atoms with Crippen LogP contribution in [0.15, 0.2) is 35.3 Å². The van der Waals surface area contributed by atoms with Crippen LogP contribution in [0.3, 0.4) is 0 Å². The van der Waals surface area contributed by atoms with Gasteiger partial charge in [-0.05, 0) is 57.0 Å². The van der Waals surface area contributed by atoms with Crippen LogP contribution in [0.2, 0.25) is 0 Å². The Kier molecular flexibility index (Phi) is 7.41. The fourth-order valence-electron chi connectivity index (χ4n) is 3.52. The fraction of sp³-hybridized carbons (Fsp3) is 0.458. The van der Waals surface area contributed by atoms with Crippen LogP contribution < -0.4 is 18.9 Å². The molecular formula is C24H31NO6. The Labute approximate surface area is 183 Å².